The quantitative estimate of drug-likeness (QED) is 0.824. The normalized spacial score (nSPS) is 22.2. The molecule has 0 atom stereocenters. The molecule has 96 valence electrons. The summed E-state index contributed by atoms with van der Waals surface area (Å²) >= 11 is 0. The van der Waals surface area contributed by atoms with Gasteiger partial charge in [0.2, 0.25) is 9.84 Å². The molecule has 1 aromatic rings. The van der Waals surface area contributed by atoms with Crippen LogP contribution in [0.1, 0.15) is 12.0 Å². The Morgan fingerprint density at radius 1 is 1.11 bits per heavy atom. The highest BCUT2D eigenvalue weighted by molar-refractivity contribution is 7.95. The topological polar surface area (TPSA) is 49.4 Å². The van der Waals surface area contributed by atoms with Gasteiger partial charge in [0, 0.05) is 19.6 Å². The summed E-state index contributed by atoms with van der Waals surface area (Å²) in [5, 5.41) is 3.75. The molecule has 2 heterocycles. The molecular weight excluding hydrogens is 248 g/mol. The smallest absolute Gasteiger partial charge is 0.222 e. The van der Waals surface area contributed by atoms with Crippen LogP contribution in [0.2, 0.25) is 0 Å². The summed E-state index contributed by atoms with van der Waals surface area (Å²) in [6.45, 7) is 3.34. The third-order valence-electron chi connectivity index (χ3n) is 3.41. The maximum atomic E-state index is 12.5. The Hall–Kier alpha value is -1.33. The van der Waals surface area contributed by atoms with E-state index >= 15 is 0 Å². The number of sulfone groups is 1. The van der Waals surface area contributed by atoms with E-state index in [1.54, 1.807) is 18.2 Å². The van der Waals surface area contributed by atoms with Gasteiger partial charge in [0.05, 0.1) is 4.90 Å². The molecule has 1 N–H and O–H groups in total. The fourth-order valence-corrected chi connectivity index (χ4v) is 4.22. The van der Waals surface area contributed by atoms with Gasteiger partial charge in [-0.2, -0.15) is 0 Å². The lowest BCUT2D eigenvalue weighted by molar-refractivity contribution is 0.388. The monoisotopic (exact) mass is 264 g/mol. The van der Waals surface area contributed by atoms with Crippen molar-refractivity contribution in [3.05, 3.63) is 34.9 Å². The van der Waals surface area contributed by atoms with E-state index in [9.17, 15) is 8.42 Å². The summed E-state index contributed by atoms with van der Waals surface area (Å²) in [6.07, 6.45) is 2.78. The second-order valence-electron chi connectivity index (χ2n) is 4.61. The summed E-state index contributed by atoms with van der Waals surface area (Å²) in [6, 6.07) is 7.19. The Morgan fingerprint density at radius 2 is 1.94 bits per heavy atom. The molecule has 1 aromatic carbocycles. The van der Waals surface area contributed by atoms with Gasteiger partial charge in [-0.25, -0.2) is 8.42 Å². The maximum Gasteiger partial charge on any atom is 0.222 e. The van der Waals surface area contributed by atoms with Gasteiger partial charge in [-0.15, -0.1) is 0 Å². The molecule has 4 nitrogen and oxygen atoms in total. The van der Waals surface area contributed by atoms with Crippen molar-refractivity contribution in [3.8, 4) is 0 Å². The Balaban J connectivity index is 2.00. The number of fused-ring (bicyclic) bond motifs is 1. The van der Waals surface area contributed by atoms with Crippen LogP contribution >= 0.6 is 0 Å². The fourth-order valence-electron chi connectivity index (χ4n) is 2.50. The summed E-state index contributed by atoms with van der Waals surface area (Å²) in [5.41, 5.74) is 0.810. The minimum absolute atomic E-state index is 0.442. The van der Waals surface area contributed by atoms with Gasteiger partial charge in [0.15, 0.2) is 0 Å². The summed E-state index contributed by atoms with van der Waals surface area (Å²) in [4.78, 5) is 2.42. The van der Waals surface area contributed by atoms with Gasteiger partial charge in [-0.1, -0.05) is 18.2 Å². The van der Waals surface area contributed by atoms with Gasteiger partial charge in [0.1, 0.15) is 5.03 Å². The Labute approximate surface area is 107 Å². The first kappa shape index (κ1) is 11.7. The van der Waals surface area contributed by atoms with E-state index in [4.69, 9.17) is 0 Å². The van der Waals surface area contributed by atoms with Crippen LogP contribution in [0.5, 0.6) is 0 Å². The van der Waals surface area contributed by atoms with E-state index in [-0.39, 0.29) is 0 Å². The molecule has 2 aliphatic heterocycles. The number of hydrogen-bond acceptors (Lipinski definition) is 4. The number of benzene rings is 1. The molecule has 3 rings (SSSR count). The third-order valence-corrected chi connectivity index (χ3v) is 5.29. The molecule has 0 unspecified atom stereocenters. The average Bonchev–Trinajstić information content (AvgIpc) is 2.58. The molecule has 1 saturated heterocycles. The van der Waals surface area contributed by atoms with Crippen LogP contribution in [0.15, 0.2) is 34.2 Å². The molecule has 1 fully saturated rings. The van der Waals surface area contributed by atoms with E-state index in [1.165, 1.54) is 0 Å². The van der Waals surface area contributed by atoms with Crippen LogP contribution in [-0.2, 0) is 9.84 Å². The van der Waals surface area contributed by atoms with Crippen molar-refractivity contribution in [2.75, 3.05) is 26.2 Å². The van der Waals surface area contributed by atoms with Crippen LogP contribution in [0, 0.1) is 0 Å². The average molecular weight is 264 g/mol. The highest BCUT2D eigenvalue weighted by Crippen LogP contribution is 2.34. The maximum absolute atomic E-state index is 12.5. The first-order valence-corrected chi connectivity index (χ1v) is 7.69. The lowest BCUT2D eigenvalue weighted by Gasteiger charge is -2.22. The molecule has 5 heteroatoms. The second kappa shape index (κ2) is 4.40. The Morgan fingerprint density at radius 3 is 2.78 bits per heavy atom. The molecule has 0 spiro atoms. The predicted octanol–water partition coefficient (Wildman–Crippen LogP) is 1.07. The second-order valence-corrected chi connectivity index (χ2v) is 6.48. The van der Waals surface area contributed by atoms with Crippen molar-refractivity contribution in [3.63, 3.8) is 0 Å². The molecule has 2 aliphatic rings. The highest BCUT2D eigenvalue weighted by Gasteiger charge is 2.32. The first-order valence-electron chi connectivity index (χ1n) is 6.21. The van der Waals surface area contributed by atoms with Crippen molar-refractivity contribution in [1.82, 2.24) is 10.2 Å². The molecule has 18 heavy (non-hydrogen) atoms. The minimum Gasteiger partial charge on any atom is -0.361 e. The zero-order valence-corrected chi connectivity index (χ0v) is 10.9. The van der Waals surface area contributed by atoms with Gasteiger partial charge in [0.25, 0.3) is 0 Å². The molecule has 0 aliphatic carbocycles. The fraction of sp³-hybridized carbons (Fsp3) is 0.385. The van der Waals surface area contributed by atoms with E-state index in [1.807, 2.05) is 17.0 Å². The van der Waals surface area contributed by atoms with E-state index < -0.39 is 9.84 Å². The number of rotatable bonds is 1. The lowest BCUT2D eigenvalue weighted by Crippen LogP contribution is -2.29. The standard InChI is InChI=1S/C13H16N2O2S/c16-18(17)12-5-2-1-4-11(12)10-13(18)15-8-3-6-14-7-9-15/h1-2,4-5,10,14H,3,6-9H2. The number of nitrogens with zero attached hydrogens (tertiary/aromatic N) is 1. The SMILES string of the molecule is O=S1(=O)C(N2CCCNCC2)=Cc2ccccc21. The molecular formula is C13H16N2O2S. The van der Waals surface area contributed by atoms with Gasteiger partial charge < -0.3 is 10.2 Å². The zero-order valence-electron chi connectivity index (χ0n) is 10.1. The summed E-state index contributed by atoms with van der Waals surface area (Å²) < 4.78 is 24.9. The van der Waals surface area contributed by atoms with Crippen molar-refractivity contribution in [1.29, 1.82) is 0 Å². The van der Waals surface area contributed by atoms with Crippen LogP contribution in [0.25, 0.3) is 6.08 Å². The van der Waals surface area contributed by atoms with Crippen molar-refractivity contribution in [2.24, 2.45) is 0 Å². The van der Waals surface area contributed by atoms with Crippen LogP contribution in [0.3, 0.4) is 0 Å². The van der Waals surface area contributed by atoms with Crippen molar-refractivity contribution >= 4 is 15.9 Å². The minimum atomic E-state index is -3.30. The lowest BCUT2D eigenvalue weighted by atomic mass is 10.2. The zero-order chi connectivity index (χ0) is 12.6. The molecule has 0 amide bonds. The summed E-state index contributed by atoms with van der Waals surface area (Å²) in [5.74, 6) is 0. The van der Waals surface area contributed by atoms with Crippen LogP contribution < -0.4 is 5.32 Å². The Kier molecular flexibility index (Phi) is 2.87. The predicted molar refractivity (Wildman–Crippen MR) is 70.7 cm³/mol. The van der Waals surface area contributed by atoms with Gasteiger partial charge in [-0.05, 0) is 30.7 Å². The van der Waals surface area contributed by atoms with Gasteiger partial charge in [-0.3, -0.25) is 0 Å². The van der Waals surface area contributed by atoms with Crippen molar-refractivity contribution in [2.45, 2.75) is 11.3 Å². The van der Waals surface area contributed by atoms with Crippen LogP contribution in [0.4, 0.5) is 0 Å². The molecule has 0 saturated carbocycles. The highest BCUT2D eigenvalue weighted by atomic mass is 32.2. The largest absolute Gasteiger partial charge is 0.361 e. The number of hydrogen-bond donors (Lipinski definition) is 1. The molecule has 0 bridgehead atoms. The third kappa shape index (κ3) is 1.83. The summed E-state index contributed by atoms with van der Waals surface area (Å²) in [7, 11) is -3.30. The Bertz CT molecular complexity index is 585. The first-order chi connectivity index (χ1) is 8.69. The van der Waals surface area contributed by atoms with Gasteiger partial charge >= 0.3 is 0 Å². The van der Waals surface area contributed by atoms with E-state index in [2.05, 4.69) is 5.32 Å². The molecule has 0 aromatic heterocycles. The van der Waals surface area contributed by atoms with Crippen molar-refractivity contribution < 1.29 is 8.42 Å². The number of nitrogens with one attached hydrogen (secondary N) is 1. The van der Waals surface area contributed by atoms with E-state index in [0.29, 0.717) is 9.92 Å². The molecule has 0 radical (unpaired) electrons. The van der Waals surface area contributed by atoms with Crippen LogP contribution in [-0.4, -0.2) is 39.5 Å². The van der Waals surface area contributed by atoms with E-state index in [0.717, 1.165) is 38.2 Å².